The Morgan fingerprint density at radius 3 is 2.96 bits per heavy atom. The van der Waals surface area contributed by atoms with Crippen molar-refractivity contribution >= 4 is 11.9 Å². The van der Waals surface area contributed by atoms with Crippen LogP contribution in [0.2, 0.25) is 0 Å². The summed E-state index contributed by atoms with van der Waals surface area (Å²) in [6.45, 7) is 2.74. The van der Waals surface area contributed by atoms with Crippen LogP contribution in [0, 0.1) is 28.6 Å². The summed E-state index contributed by atoms with van der Waals surface area (Å²) in [5.74, 6) is 1.77. The monoisotopic (exact) mass is 358 g/mol. The van der Waals surface area contributed by atoms with Crippen molar-refractivity contribution in [3.05, 3.63) is 23.7 Å². The van der Waals surface area contributed by atoms with Crippen LogP contribution in [-0.2, 0) is 25.5 Å². The van der Waals surface area contributed by atoms with Gasteiger partial charge in [0.15, 0.2) is 5.41 Å². The van der Waals surface area contributed by atoms with Crippen molar-refractivity contribution in [1.29, 1.82) is 0 Å². The molecule has 0 unspecified atom stereocenters. The molecule has 0 N–H and O–H groups in total. The fraction of sp³-hybridized carbons (Fsp3) is 0.714. The third-order valence-electron chi connectivity index (χ3n) is 8.25. The van der Waals surface area contributed by atoms with Gasteiger partial charge in [-0.25, -0.2) is 0 Å². The Hall–Kier alpha value is -1.78. The van der Waals surface area contributed by atoms with Crippen LogP contribution in [0.5, 0.6) is 0 Å². The topological polar surface area (TPSA) is 65.7 Å². The number of hydrogen-bond acceptors (Lipinski definition) is 5. The molecule has 1 aromatic rings. The standard InChI is InChI=1S/C21H26O5/c1-12-13-4-5-17-20(15(13)10-16-14(12)6-9-25-16)7-3-8-21(17,18(22)24-2)19(23)26-11-20/h6,9,12-13,15,17H,3-5,7-8,10-11H2,1-2H3/t12-,13+,15+,17-,20-,21-/m1/s1. The van der Waals surface area contributed by atoms with Crippen molar-refractivity contribution in [1.82, 2.24) is 0 Å². The molecule has 5 heteroatoms. The summed E-state index contributed by atoms with van der Waals surface area (Å²) < 4.78 is 16.6. The summed E-state index contributed by atoms with van der Waals surface area (Å²) in [7, 11) is 1.39. The molecule has 4 aliphatic rings. The number of fused-ring (bicyclic) bond motifs is 2. The largest absolute Gasteiger partial charge is 0.469 e. The number of ether oxygens (including phenoxy) is 2. The number of furan rings is 1. The van der Waals surface area contributed by atoms with Gasteiger partial charge >= 0.3 is 11.9 Å². The molecule has 5 rings (SSSR count). The molecule has 0 spiro atoms. The highest BCUT2D eigenvalue weighted by Gasteiger charge is 2.70. The van der Waals surface area contributed by atoms with E-state index < -0.39 is 11.4 Å². The van der Waals surface area contributed by atoms with E-state index in [0.717, 1.165) is 37.9 Å². The molecule has 3 aliphatic carbocycles. The van der Waals surface area contributed by atoms with E-state index in [9.17, 15) is 9.59 Å². The zero-order chi connectivity index (χ0) is 18.1. The quantitative estimate of drug-likeness (QED) is 0.568. The molecule has 1 saturated heterocycles. The first-order valence-corrected chi connectivity index (χ1v) is 9.86. The predicted molar refractivity (Wildman–Crippen MR) is 92.2 cm³/mol. The predicted octanol–water partition coefficient (Wildman–Crippen LogP) is 3.47. The summed E-state index contributed by atoms with van der Waals surface area (Å²) in [4.78, 5) is 25.6. The number of carbonyl (C=O) groups is 2. The molecule has 2 saturated carbocycles. The van der Waals surface area contributed by atoms with Crippen LogP contribution in [0.25, 0.3) is 0 Å². The third-order valence-corrected chi connectivity index (χ3v) is 8.25. The molecule has 0 amide bonds. The Balaban J connectivity index is 1.62. The third kappa shape index (κ3) is 1.77. The smallest absolute Gasteiger partial charge is 0.323 e. The van der Waals surface area contributed by atoms with Gasteiger partial charge in [0.1, 0.15) is 5.76 Å². The molecule has 5 nitrogen and oxygen atoms in total. The zero-order valence-electron chi connectivity index (χ0n) is 15.5. The molecule has 6 atom stereocenters. The van der Waals surface area contributed by atoms with Gasteiger partial charge in [-0.05, 0) is 61.0 Å². The van der Waals surface area contributed by atoms with Crippen molar-refractivity contribution in [2.24, 2.45) is 28.6 Å². The fourth-order valence-corrected chi connectivity index (χ4v) is 7.17. The number of rotatable bonds is 1. The molecule has 1 aliphatic heterocycles. The Labute approximate surface area is 153 Å². The summed E-state index contributed by atoms with van der Waals surface area (Å²) in [5, 5.41) is 0. The zero-order valence-corrected chi connectivity index (χ0v) is 15.5. The van der Waals surface area contributed by atoms with Crippen LogP contribution in [0.15, 0.2) is 16.7 Å². The molecule has 0 aromatic carbocycles. The van der Waals surface area contributed by atoms with Crippen LogP contribution >= 0.6 is 0 Å². The number of methoxy groups -OCH3 is 1. The Morgan fingerprint density at radius 1 is 1.31 bits per heavy atom. The van der Waals surface area contributed by atoms with E-state index in [-0.39, 0.29) is 17.3 Å². The maximum atomic E-state index is 12.8. The van der Waals surface area contributed by atoms with Gasteiger partial charge in [0.05, 0.1) is 20.0 Å². The highest BCUT2D eigenvalue weighted by atomic mass is 16.6. The Kier molecular flexibility index (Phi) is 3.38. The summed E-state index contributed by atoms with van der Waals surface area (Å²) in [6.07, 6.45) is 7.11. The normalized spacial score (nSPS) is 43.5. The summed E-state index contributed by atoms with van der Waals surface area (Å²) in [6, 6.07) is 2.11. The van der Waals surface area contributed by atoms with Gasteiger partial charge in [-0.3, -0.25) is 9.59 Å². The Bertz CT molecular complexity index is 756. The first-order chi connectivity index (χ1) is 12.5. The first-order valence-electron chi connectivity index (χ1n) is 9.86. The van der Waals surface area contributed by atoms with Crippen molar-refractivity contribution in [2.75, 3.05) is 13.7 Å². The molecule has 140 valence electrons. The van der Waals surface area contributed by atoms with Crippen LogP contribution in [0.4, 0.5) is 0 Å². The average Bonchev–Trinajstić information content (AvgIpc) is 3.13. The average molecular weight is 358 g/mol. The number of cyclic esters (lactones) is 1. The lowest BCUT2D eigenvalue weighted by atomic mass is 9.42. The minimum atomic E-state index is -1.09. The second-order valence-electron chi connectivity index (χ2n) is 8.82. The molecule has 3 fully saturated rings. The number of carbonyl (C=O) groups excluding carboxylic acids is 2. The van der Waals surface area contributed by atoms with E-state index in [1.165, 1.54) is 12.7 Å². The van der Waals surface area contributed by atoms with Crippen molar-refractivity contribution in [2.45, 2.75) is 51.4 Å². The van der Waals surface area contributed by atoms with Crippen LogP contribution < -0.4 is 0 Å². The van der Waals surface area contributed by atoms with E-state index in [4.69, 9.17) is 13.9 Å². The van der Waals surface area contributed by atoms with Crippen molar-refractivity contribution in [3.8, 4) is 0 Å². The van der Waals surface area contributed by atoms with Gasteiger partial charge in [0, 0.05) is 11.8 Å². The molecular formula is C21H26O5. The minimum absolute atomic E-state index is 0.0300. The maximum Gasteiger partial charge on any atom is 0.323 e. The molecule has 2 heterocycles. The molecule has 1 aromatic heterocycles. The lowest BCUT2D eigenvalue weighted by Crippen LogP contribution is -2.66. The van der Waals surface area contributed by atoms with E-state index >= 15 is 0 Å². The minimum Gasteiger partial charge on any atom is -0.469 e. The van der Waals surface area contributed by atoms with Crippen LogP contribution in [0.1, 0.15) is 56.3 Å². The van der Waals surface area contributed by atoms with Gasteiger partial charge < -0.3 is 13.9 Å². The van der Waals surface area contributed by atoms with Crippen molar-refractivity contribution in [3.63, 3.8) is 0 Å². The summed E-state index contributed by atoms with van der Waals surface area (Å²) >= 11 is 0. The van der Waals surface area contributed by atoms with Crippen LogP contribution in [0.3, 0.4) is 0 Å². The SMILES string of the molecule is COC(=O)[C@]12CCC[C@@]3(COC1=O)[C@H]1Cc4occc4[C@H](C)[C@@H]1CC[C@@H]23. The number of hydrogen-bond donors (Lipinski definition) is 0. The van der Waals surface area contributed by atoms with Gasteiger partial charge in [-0.2, -0.15) is 0 Å². The van der Waals surface area contributed by atoms with E-state index in [1.807, 2.05) is 0 Å². The maximum absolute atomic E-state index is 12.8. The van der Waals surface area contributed by atoms with Crippen molar-refractivity contribution < 1.29 is 23.5 Å². The lowest BCUT2D eigenvalue weighted by molar-refractivity contribution is -0.229. The molecule has 26 heavy (non-hydrogen) atoms. The van der Waals surface area contributed by atoms with Gasteiger partial charge in [0.25, 0.3) is 0 Å². The van der Waals surface area contributed by atoms with E-state index in [1.54, 1.807) is 6.26 Å². The lowest BCUT2D eigenvalue weighted by Gasteiger charge is -2.63. The fourth-order valence-electron chi connectivity index (χ4n) is 7.17. The Morgan fingerprint density at radius 2 is 2.15 bits per heavy atom. The van der Waals surface area contributed by atoms with E-state index in [2.05, 4.69) is 13.0 Å². The first kappa shape index (κ1) is 16.4. The molecular weight excluding hydrogens is 332 g/mol. The number of esters is 2. The van der Waals surface area contributed by atoms with Crippen LogP contribution in [-0.4, -0.2) is 25.7 Å². The van der Waals surface area contributed by atoms with Gasteiger partial charge in [-0.15, -0.1) is 0 Å². The summed E-state index contributed by atoms with van der Waals surface area (Å²) in [5.41, 5.74) is 0.120. The van der Waals surface area contributed by atoms with Gasteiger partial charge in [-0.1, -0.05) is 13.3 Å². The molecule has 2 bridgehead atoms. The highest BCUT2D eigenvalue weighted by Crippen LogP contribution is 2.67. The second-order valence-corrected chi connectivity index (χ2v) is 8.82. The second kappa shape index (κ2) is 5.37. The van der Waals surface area contributed by atoms with Gasteiger partial charge in [0.2, 0.25) is 0 Å². The molecule has 0 radical (unpaired) electrons. The van der Waals surface area contributed by atoms with E-state index in [0.29, 0.717) is 30.8 Å². The highest BCUT2D eigenvalue weighted by molar-refractivity contribution is 6.01.